The zero-order valence-corrected chi connectivity index (χ0v) is 9.97. The maximum absolute atomic E-state index is 11.6. The van der Waals surface area contributed by atoms with Crippen LogP contribution in [0.5, 0.6) is 0 Å². The second-order valence-corrected chi connectivity index (χ2v) is 4.19. The van der Waals surface area contributed by atoms with Gasteiger partial charge in [-0.1, -0.05) is 36.0 Å². The number of H-pyrrole nitrogens is 1. The van der Waals surface area contributed by atoms with Crippen molar-refractivity contribution in [3.63, 3.8) is 0 Å². The van der Waals surface area contributed by atoms with Gasteiger partial charge >= 0.3 is 5.69 Å². The van der Waals surface area contributed by atoms with E-state index >= 15 is 0 Å². The van der Waals surface area contributed by atoms with E-state index < -0.39 is 0 Å². The van der Waals surface area contributed by atoms with Crippen LogP contribution >= 0.6 is 12.2 Å². The Morgan fingerprint density at radius 3 is 2.75 bits per heavy atom. The first kappa shape index (κ1) is 10.8. The van der Waals surface area contributed by atoms with E-state index in [4.69, 9.17) is 12.2 Å². The molecule has 0 aliphatic rings. The number of hydrogen-bond donors (Lipinski definition) is 1. The monoisotopic (exact) mass is 232 g/mol. The normalized spacial score (nSPS) is 10.4. The molecule has 2 rings (SSSR count). The SMILES string of the molecule is Cc1cccc(-c2cc(=S)[nH]c(=O)n2C)c1. The molecule has 3 nitrogen and oxygen atoms in total. The number of aromatic amines is 1. The van der Waals surface area contributed by atoms with Gasteiger partial charge in [0.2, 0.25) is 0 Å². The van der Waals surface area contributed by atoms with E-state index in [-0.39, 0.29) is 5.69 Å². The van der Waals surface area contributed by atoms with Crippen molar-refractivity contribution >= 4 is 12.2 Å². The molecule has 16 heavy (non-hydrogen) atoms. The highest BCUT2D eigenvalue weighted by Crippen LogP contribution is 2.17. The van der Waals surface area contributed by atoms with Gasteiger partial charge in [0, 0.05) is 7.05 Å². The number of aryl methyl sites for hydroxylation is 1. The lowest BCUT2D eigenvalue weighted by atomic mass is 10.1. The van der Waals surface area contributed by atoms with Crippen molar-refractivity contribution in [2.75, 3.05) is 0 Å². The zero-order chi connectivity index (χ0) is 11.7. The Kier molecular flexibility index (Phi) is 2.75. The van der Waals surface area contributed by atoms with Crippen LogP contribution in [0.3, 0.4) is 0 Å². The smallest absolute Gasteiger partial charge is 0.298 e. The molecule has 0 unspecified atom stereocenters. The van der Waals surface area contributed by atoms with Gasteiger partial charge in [0.1, 0.15) is 4.64 Å². The van der Waals surface area contributed by atoms with E-state index in [1.165, 1.54) is 0 Å². The van der Waals surface area contributed by atoms with E-state index in [0.29, 0.717) is 4.64 Å². The van der Waals surface area contributed by atoms with Crippen molar-refractivity contribution in [3.05, 3.63) is 51.0 Å². The van der Waals surface area contributed by atoms with Gasteiger partial charge in [-0.25, -0.2) is 4.79 Å². The lowest BCUT2D eigenvalue weighted by Gasteiger charge is -2.08. The Labute approximate surface area is 98.4 Å². The summed E-state index contributed by atoms with van der Waals surface area (Å²) in [5.74, 6) is 0. The molecule has 0 saturated carbocycles. The summed E-state index contributed by atoms with van der Waals surface area (Å²) in [7, 11) is 1.73. The Morgan fingerprint density at radius 1 is 1.31 bits per heavy atom. The molecule has 0 atom stereocenters. The standard InChI is InChI=1S/C12H12N2OS/c1-8-4-3-5-9(6-8)10-7-11(16)13-12(15)14(10)2/h3-7H,1-2H3,(H,13,15,16). The highest BCUT2D eigenvalue weighted by atomic mass is 32.1. The minimum atomic E-state index is -0.191. The van der Waals surface area contributed by atoms with Crippen molar-refractivity contribution in [3.8, 4) is 11.3 Å². The molecule has 82 valence electrons. The average Bonchev–Trinajstić information content (AvgIpc) is 2.23. The summed E-state index contributed by atoms with van der Waals surface area (Å²) in [6, 6.07) is 9.78. The van der Waals surface area contributed by atoms with Crippen LogP contribution in [0.15, 0.2) is 35.1 Å². The highest BCUT2D eigenvalue weighted by Gasteiger charge is 2.03. The molecule has 0 bridgehead atoms. The molecule has 1 aromatic carbocycles. The summed E-state index contributed by atoms with van der Waals surface area (Å²) < 4.78 is 2.02. The molecule has 0 radical (unpaired) electrons. The lowest BCUT2D eigenvalue weighted by molar-refractivity contribution is 0.816. The predicted octanol–water partition coefficient (Wildman–Crippen LogP) is 2.42. The first-order valence-corrected chi connectivity index (χ1v) is 5.36. The van der Waals surface area contributed by atoms with Crippen LogP contribution in [-0.2, 0) is 7.05 Å². The average molecular weight is 232 g/mol. The topological polar surface area (TPSA) is 37.8 Å². The van der Waals surface area contributed by atoms with Crippen LogP contribution in [0, 0.1) is 11.6 Å². The van der Waals surface area contributed by atoms with Gasteiger partial charge in [-0.05, 0) is 24.6 Å². The molecule has 0 aliphatic heterocycles. The highest BCUT2D eigenvalue weighted by molar-refractivity contribution is 7.71. The maximum atomic E-state index is 11.6. The molecule has 0 aliphatic carbocycles. The Balaban J connectivity index is 2.74. The molecule has 0 amide bonds. The number of benzene rings is 1. The molecule has 4 heteroatoms. The number of nitrogens with one attached hydrogen (secondary N) is 1. The molecule has 1 heterocycles. The van der Waals surface area contributed by atoms with E-state index in [1.807, 2.05) is 31.2 Å². The Morgan fingerprint density at radius 2 is 2.06 bits per heavy atom. The Hall–Kier alpha value is -1.68. The first-order chi connectivity index (χ1) is 7.58. The van der Waals surface area contributed by atoms with Gasteiger partial charge in [0.05, 0.1) is 5.69 Å². The number of nitrogens with zero attached hydrogens (tertiary/aromatic N) is 1. The van der Waals surface area contributed by atoms with Crippen molar-refractivity contribution in [1.82, 2.24) is 9.55 Å². The molecule has 1 N–H and O–H groups in total. The number of aromatic nitrogens is 2. The third-order valence-electron chi connectivity index (χ3n) is 2.48. The van der Waals surface area contributed by atoms with Gasteiger partial charge in [0.25, 0.3) is 0 Å². The zero-order valence-electron chi connectivity index (χ0n) is 9.15. The van der Waals surface area contributed by atoms with Crippen LogP contribution in [0.1, 0.15) is 5.56 Å². The number of rotatable bonds is 1. The molecule has 2 aromatic rings. The second-order valence-electron chi connectivity index (χ2n) is 3.75. The molecule has 0 saturated heterocycles. The summed E-state index contributed by atoms with van der Waals surface area (Å²) in [6.07, 6.45) is 0. The van der Waals surface area contributed by atoms with Crippen molar-refractivity contribution in [2.45, 2.75) is 6.92 Å². The fourth-order valence-electron chi connectivity index (χ4n) is 1.64. The molecule has 1 aromatic heterocycles. The first-order valence-electron chi connectivity index (χ1n) is 4.95. The maximum Gasteiger partial charge on any atom is 0.326 e. The minimum absolute atomic E-state index is 0.191. The molecular formula is C12H12N2OS. The van der Waals surface area contributed by atoms with Crippen LogP contribution in [0.2, 0.25) is 0 Å². The molecular weight excluding hydrogens is 220 g/mol. The summed E-state index contributed by atoms with van der Waals surface area (Å²) in [5, 5.41) is 0. The Bertz CT molecular complexity index is 640. The minimum Gasteiger partial charge on any atom is -0.298 e. The van der Waals surface area contributed by atoms with Crippen molar-refractivity contribution in [1.29, 1.82) is 0 Å². The van der Waals surface area contributed by atoms with E-state index in [9.17, 15) is 4.79 Å². The predicted molar refractivity (Wildman–Crippen MR) is 67.0 cm³/mol. The van der Waals surface area contributed by atoms with Gasteiger partial charge in [-0.15, -0.1) is 0 Å². The van der Waals surface area contributed by atoms with Crippen LogP contribution in [-0.4, -0.2) is 9.55 Å². The lowest BCUT2D eigenvalue weighted by Crippen LogP contribution is -2.21. The van der Waals surface area contributed by atoms with Gasteiger partial charge in [-0.3, -0.25) is 9.55 Å². The number of hydrogen-bond acceptors (Lipinski definition) is 2. The van der Waals surface area contributed by atoms with Crippen molar-refractivity contribution < 1.29 is 0 Å². The summed E-state index contributed by atoms with van der Waals surface area (Å²) in [4.78, 5) is 14.1. The quantitative estimate of drug-likeness (QED) is 0.767. The summed E-state index contributed by atoms with van der Waals surface area (Å²) >= 11 is 5.01. The fraction of sp³-hybridized carbons (Fsp3) is 0.167. The molecule has 0 spiro atoms. The van der Waals surface area contributed by atoms with Gasteiger partial charge in [0.15, 0.2) is 0 Å². The summed E-state index contributed by atoms with van der Waals surface area (Å²) in [5.41, 5.74) is 2.80. The van der Waals surface area contributed by atoms with E-state index in [2.05, 4.69) is 4.98 Å². The van der Waals surface area contributed by atoms with Gasteiger partial charge in [-0.2, -0.15) is 0 Å². The van der Waals surface area contributed by atoms with E-state index in [1.54, 1.807) is 17.7 Å². The van der Waals surface area contributed by atoms with Crippen molar-refractivity contribution in [2.24, 2.45) is 7.05 Å². The fourth-order valence-corrected chi connectivity index (χ4v) is 1.84. The van der Waals surface area contributed by atoms with Crippen LogP contribution < -0.4 is 5.69 Å². The molecule has 0 fully saturated rings. The second kappa shape index (κ2) is 4.06. The largest absolute Gasteiger partial charge is 0.326 e. The van der Waals surface area contributed by atoms with Crippen LogP contribution in [0.25, 0.3) is 11.3 Å². The van der Waals surface area contributed by atoms with Gasteiger partial charge < -0.3 is 0 Å². The van der Waals surface area contributed by atoms with Crippen LogP contribution in [0.4, 0.5) is 0 Å². The summed E-state index contributed by atoms with van der Waals surface area (Å²) in [6.45, 7) is 2.02. The van der Waals surface area contributed by atoms with E-state index in [0.717, 1.165) is 16.8 Å². The third-order valence-corrected chi connectivity index (χ3v) is 2.70. The third kappa shape index (κ3) is 1.97.